The van der Waals surface area contributed by atoms with Gasteiger partial charge in [-0.1, -0.05) is 30.3 Å². The number of anilines is 1. The number of hydrogen-bond acceptors (Lipinski definition) is 5. The largest absolute Gasteiger partial charge is 0.349 e. The lowest BCUT2D eigenvalue weighted by molar-refractivity contribution is -0.116. The molecule has 2 heterocycles. The van der Waals surface area contributed by atoms with E-state index in [1.165, 1.54) is 11.0 Å². The molecule has 3 aromatic rings. The Labute approximate surface area is 156 Å². The number of aromatic nitrogens is 1. The number of carbonyl (C=O) groups is 1. The highest BCUT2D eigenvalue weighted by Gasteiger charge is 2.30. The average Bonchev–Trinajstić information content (AvgIpc) is 2.94. The summed E-state index contributed by atoms with van der Waals surface area (Å²) in [6, 6.07) is 15.9. The first kappa shape index (κ1) is 17.2. The molecular weight excluding hydrogens is 364 g/mol. The first-order valence-electron chi connectivity index (χ1n) is 8.25. The number of pyridine rings is 1. The van der Waals surface area contributed by atoms with Gasteiger partial charge in [-0.05, 0) is 24.3 Å². The molecule has 0 bridgehead atoms. The van der Waals surface area contributed by atoms with E-state index in [-0.39, 0.29) is 23.2 Å². The van der Waals surface area contributed by atoms with E-state index in [4.69, 9.17) is 0 Å². The molecule has 136 valence electrons. The Morgan fingerprint density at radius 2 is 1.85 bits per heavy atom. The molecule has 8 heteroatoms. The van der Waals surface area contributed by atoms with E-state index in [9.17, 15) is 13.2 Å². The topological polar surface area (TPSA) is 91.7 Å². The lowest BCUT2D eigenvalue weighted by Gasteiger charge is -2.18. The van der Waals surface area contributed by atoms with Crippen LogP contribution in [-0.2, 0) is 14.8 Å². The Morgan fingerprint density at radius 1 is 1.07 bits per heavy atom. The molecule has 0 aliphatic carbocycles. The predicted molar refractivity (Wildman–Crippen MR) is 103 cm³/mol. The van der Waals surface area contributed by atoms with Crippen LogP contribution in [0.25, 0.3) is 10.9 Å². The minimum atomic E-state index is -3.72. The minimum Gasteiger partial charge on any atom is -0.349 e. The summed E-state index contributed by atoms with van der Waals surface area (Å²) in [5.41, 5.74) is 1.80. The Bertz CT molecular complexity index is 1180. The monoisotopic (exact) mass is 380 g/mol. The number of rotatable bonds is 3. The van der Waals surface area contributed by atoms with Crippen molar-refractivity contribution >= 4 is 38.4 Å². The normalized spacial score (nSPS) is 14.5. The van der Waals surface area contributed by atoms with Gasteiger partial charge in [-0.3, -0.25) is 9.78 Å². The number of amidine groups is 1. The van der Waals surface area contributed by atoms with Crippen molar-refractivity contribution in [1.82, 2.24) is 9.88 Å². The van der Waals surface area contributed by atoms with Crippen LogP contribution in [0.1, 0.15) is 5.56 Å². The fourth-order valence-corrected chi connectivity index (χ4v) is 4.30. The number of fused-ring (bicyclic) bond motifs is 2. The summed E-state index contributed by atoms with van der Waals surface area (Å²) in [6.07, 6.45) is 1.67. The highest BCUT2D eigenvalue weighted by Crippen LogP contribution is 2.27. The van der Waals surface area contributed by atoms with E-state index in [0.717, 1.165) is 5.39 Å². The smallest absolute Gasteiger partial charge is 0.285 e. The van der Waals surface area contributed by atoms with Crippen molar-refractivity contribution in [2.75, 3.05) is 18.9 Å². The van der Waals surface area contributed by atoms with Gasteiger partial charge in [-0.25, -0.2) is 0 Å². The summed E-state index contributed by atoms with van der Waals surface area (Å²) in [5.74, 6) is -0.0306. The van der Waals surface area contributed by atoms with E-state index >= 15 is 0 Å². The number of hydrogen-bond donors (Lipinski definition) is 1. The zero-order valence-corrected chi connectivity index (χ0v) is 15.3. The molecule has 0 fully saturated rings. The third-order valence-electron chi connectivity index (χ3n) is 4.26. The molecular formula is C19H16N4O3S. The molecule has 0 spiro atoms. The van der Waals surface area contributed by atoms with Gasteiger partial charge < -0.3 is 10.2 Å². The maximum atomic E-state index is 12.5. The molecule has 27 heavy (non-hydrogen) atoms. The zero-order chi connectivity index (χ0) is 19.0. The van der Waals surface area contributed by atoms with Crippen molar-refractivity contribution in [2.45, 2.75) is 4.90 Å². The van der Waals surface area contributed by atoms with Crippen LogP contribution in [0.15, 0.2) is 70.1 Å². The van der Waals surface area contributed by atoms with E-state index in [0.29, 0.717) is 16.8 Å². The molecule has 0 unspecified atom stereocenters. The molecule has 1 aliphatic heterocycles. The second-order valence-electron chi connectivity index (χ2n) is 6.17. The molecule has 1 aromatic heterocycles. The molecule has 2 aromatic carbocycles. The van der Waals surface area contributed by atoms with Crippen LogP contribution < -0.4 is 5.32 Å². The van der Waals surface area contributed by atoms with E-state index in [2.05, 4.69) is 14.7 Å². The first-order valence-corrected chi connectivity index (χ1v) is 9.69. The summed E-state index contributed by atoms with van der Waals surface area (Å²) >= 11 is 0. The van der Waals surface area contributed by atoms with Gasteiger partial charge in [0.15, 0.2) is 5.84 Å². The van der Waals surface area contributed by atoms with Crippen LogP contribution in [0.3, 0.4) is 0 Å². The number of carbonyl (C=O) groups excluding carboxylic acids is 1. The number of amides is 1. The Kier molecular flexibility index (Phi) is 4.12. The summed E-state index contributed by atoms with van der Waals surface area (Å²) in [4.78, 5) is 18.5. The summed E-state index contributed by atoms with van der Waals surface area (Å²) < 4.78 is 28.2. The van der Waals surface area contributed by atoms with Gasteiger partial charge in [0.25, 0.3) is 10.0 Å². The highest BCUT2D eigenvalue weighted by molar-refractivity contribution is 7.90. The number of benzene rings is 2. The van der Waals surface area contributed by atoms with Crippen molar-refractivity contribution in [2.24, 2.45) is 4.40 Å². The average molecular weight is 380 g/mol. The summed E-state index contributed by atoms with van der Waals surface area (Å²) in [6.45, 7) is -0.0497. The molecule has 0 atom stereocenters. The van der Waals surface area contributed by atoms with Crippen molar-refractivity contribution < 1.29 is 13.2 Å². The van der Waals surface area contributed by atoms with Crippen molar-refractivity contribution in [3.8, 4) is 0 Å². The maximum Gasteiger partial charge on any atom is 0.285 e. The molecule has 1 N–H and O–H groups in total. The number of nitrogens with one attached hydrogen (secondary N) is 1. The summed E-state index contributed by atoms with van der Waals surface area (Å²) in [7, 11) is -2.08. The van der Waals surface area contributed by atoms with Crippen LogP contribution in [0, 0.1) is 0 Å². The second-order valence-corrected chi connectivity index (χ2v) is 7.74. The quantitative estimate of drug-likeness (QED) is 0.752. The minimum absolute atomic E-state index is 0.0497. The van der Waals surface area contributed by atoms with Crippen LogP contribution in [-0.4, -0.2) is 43.6 Å². The number of likely N-dealkylation sites (N-methyl/N-ethyl adjacent to an activating group) is 1. The number of sulfonamides is 1. The van der Waals surface area contributed by atoms with Crippen molar-refractivity contribution in [3.63, 3.8) is 0 Å². The zero-order valence-electron chi connectivity index (χ0n) is 14.5. The highest BCUT2D eigenvalue weighted by atomic mass is 32.2. The number of nitrogens with zero attached hydrogens (tertiary/aromatic N) is 3. The fourth-order valence-electron chi connectivity index (χ4n) is 3.05. The van der Waals surface area contributed by atoms with Crippen LogP contribution in [0.2, 0.25) is 0 Å². The molecule has 7 nitrogen and oxygen atoms in total. The van der Waals surface area contributed by atoms with Gasteiger partial charge in [-0.15, -0.1) is 4.40 Å². The van der Waals surface area contributed by atoms with Gasteiger partial charge in [0.1, 0.15) is 4.90 Å². The SMILES string of the molecule is CN(CC(=O)Nc1cccc2cccnc12)C1=NS(=O)(=O)c2ccccc21. The van der Waals surface area contributed by atoms with Gasteiger partial charge in [0.05, 0.1) is 17.7 Å². The van der Waals surface area contributed by atoms with Gasteiger partial charge in [0, 0.05) is 24.2 Å². The Morgan fingerprint density at radius 3 is 2.70 bits per heavy atom. The van der Waals surface area contributed by atoms with Gasteiger partial charge in [-0.2, -0.15) is 8.42 Å². The van der Waals surface area contributed by atoms with Crippen molar-refractivity contribution in [3.05, 3.63) is 66.4 Å². The van der Waals surface area contributed by atoms with Crippen LogP contribution in [0.4, 0.5) is 5.69 Å². The van der Waals surface area contributed by atoms with Gasteiger partial charge >= 0.3 is 0 Å². The molecule has 0 saturated heterocycles. The Balaban J connectivity index is 1.55. The molecule has 0 saturated carbocycles. The lowest BCUT2D eigenvalue weighted by Crippen LogP contribution is -2.34. The molecule has 1 amide bonds. The lowest BCUT2D eigenvalue weighted by atomic mass is 10.2. The van der Waals surface area contributed by atoms with E-state index < -0.39 is 10.0 Å². The standard InChI is InChI=1S/C19H16N4O3S/c1-23(19-14-8-2-3-10-16(14)27(25,26)22-19)12-17(24)21-15-9-4-6-13-7-5-11-20-18(13)15/h2-11H,12H2,1H3,(H,21,24). The van der Waals surface area contributed by atoms with Crippen LogP contribution in [0.5, 0.6) is 0 Å². The van der Waals surface area contributed by atoms with Crippen LogP contribution >= 0.6 is 0 Å². The third-order valence-corrected chi connectivity index (χ3v) is 5.59. The number of para-hydroxylation sites is 1. The second kappa shape index (κ2) is 6.48. The molecule has 0 radical (unpaired) electrons. The molecule has 1 aliphatic rings. The maximum absolute atomic E-state index is 12.5. The predicted octanol–water partition coefficient (Wildman–Crippen LogP) is 2.25. The first-order chi connectivity index (χ1) is 13.0. The van der Waals surface area contributed by atoms with E-state index in [1.54, 1.807) is 37.5 Å². The summed E-state index contributed by atoms with van der Waals surface area (Å²) in [5, 5.41) is 3.76. The Hall–Kier alpha value is -3.26. The van der Waals surface area contributed by atoms with Crippen molar-refractivity contribution in [1.29, 1.82) is 0 Å². The van der Waals surface area contributed by atoms with Gasteiger partial charge in [0.2, 0.25) is 5.91 Å². The third kappa shape index (κ3) is 3.15. The fraction of sp³-hybridized carbons (Fsp3) is 0.105. The van der Waals surface area contributed by atoms with E-state index in [1.807, 2.05) is 24.3 Å². The molecule has 4 rings (SSSR count).